The van der Waals surface area contributed by atoms with Crippen LogP contribution in [0.25, 0.3) is 22.2 Å². The van der Waals surface area contributed by atoms with Crippen LogP contribution in [0.2, 0.25) is 0 Å². The molecule has 1 aromatic carbocycles. The van der Waals surface area contributed by atoms with Crippen LogP contribution in [0, 0.1) is 5.82 Å². The third kappa shape index (κ3) is 5.55. The van der Waals surface area contributed by atoms with Crippen LogP contribution in [0.15, 0.2) is 50.9 Å². The molecule has 3 aromatic heterocycles. The van der Waals surface area contributed by atoms with E-state index < -0.39 is 58.2 Å². The minimum Gasteiger partial charge on any atom is -0.444 e. The number of hydrogen-bond donors (Lipinski definition) is 2. The number of alkyl halides is 6. The molecule has 0 amide bonds. The Kier molecular flexibility index (Phi) is 7.04. The normalized spacial score (nSPS) is 13.2. The summed E-state index contributed by atoms with van der Waals surface area (Å²) in [5.41, 5.74) is -5.50. The monoisotopic (exact) mass is 545 g/mol. The van der Waals surface area contributed by atoms with E-state index in [1.54, 1.807) is 12.0 Å². The predicted octanol–water partition coefficient (Wildman–Crippen LogP) is 5.20. The molecule has 0 aliphatic heterocycles. The zero-order chi connectivity index (χ0) is 27.8. The smallest absolute Gasteiger partial charge is 0.436 e. The van der Waals surface area contributed by atoms with Crippen LogP contribution in [0.3, 0.4) is 0 Å². The third-order valence-electron chi connectivity index (χ3n) is 5.67. The van der Waals surface area contributed by atoms with Crippen LogP contribution in [-0.2, 0) is 18.9 Å². The Bertz CT molecular complexity index is 1590. The van der Waals surface area contributed by atoms with Gasteiger partial charge in [0.2, 0.25) is 5.89 Å². The first-order chi connectivity index (χ1) is 17.8. The quantitative estimate of drug-likeness (QED) is 0.310. The molecule has 3 heterocycles. The van der Waals surface area contributed by atoms with Gasteiger partial charge in [-0.3, -0.25) is 9.59 Å². The summed E-state index contributed by atoms with van der Waals surface area (Å²) in [6.07, 6.45) is -6.40. The molecule has 15 heteroatoms. The zero-order valence-corrected chi connectivity index (χ0v) is 19.4. The molecule has 0 saturated carbocycles. The van der Waals surface area contributed by atoms with Crippen LogP contribution in [0.5, 0.6) is 0 Å². The predicted molar refractivity (Wildman–Crippen MR) is 121 cm³/mol. The molecular formula is C23H18F7N5O3. The number of fused-ring (bicyclic) bond motifs is 1. The number of benzene rings is 1. The maximum atomic E-state index is 14.7. The molecule has 8 nitrogen and oxygen atoms in total. The van der Waals surface area contributed by atoms with Crippen molar-refractivity contribution in [1.29, 1.82) is 0 Å². The van der Waals surface area contributed by atoms with E-state index in [0.717, 1.165) is 18.3 Å². The van der Waals surface area contributed by atoms with Crippen LogP contribution in [-0.4, -0.2) is 25.8 Å². The minimum atomic E-state index is -4.89. The van der Waals surface area contributed by atoms with Gasteiger partial charge in [0.1, 0.15) is 17.6 Å². The number of nitrogens with one attached hydrogen (secondary N) is 2. The number of hydrogen-bond acceptors (Lipinski definition) is 6. The summed E-state index contributed by atoms with van der Waals surface area (Å²) in [6.45, 7) is 1.73. The highest BCUT2D eigenvalue weighted by molar-refractivity contribution is 5.85. The summed E-state index contributed by atoms with van der Waals surface area (Å²) in [6, 6.07) is 2.97. The summed E-state index contributed by atoms with van der Waals surface area (Å²) in [5.74, 6) is -1.60. The summed E-state index contributed by atoms with van der Waals surface area (Å²) >= 11 is 0. The van der Waals surface area contributed by atoms with Crippen molar-refractivity contribution in [3.8, 4) is 11.5 Å². The summed E-state index contributed by atoms with van der Waals surface area (Å²) < 4.78 is 98.7. The van der Waals surface area contributed by atoms with Crippen molar-refractivity contribution in [3.63, 3.8) is 0 Å². The highest BCUT2D eigenvalue weighted by Gasteiger charge is 2.37. The number of halogens is 7. The second kappa shape index (κ2) is 9.95. The lowest BCUT2D eigenvalue weighted by molar-refractivity contribution is -0.141. The van der Waals surface area contributed by atoms with Crippen molar-refractivity contribution >= 4 is 16.5 Å². The molecule has 0 aliphatic carbocycles. The van der Waals surface area contributed by atoms with Crippen molar-refractivity contribution in [3.05, 3.63) is 74.6 Å². The number of aromatic amines is 1. The van der Waals surface area contributed by atoms with Crippen molar-refractivity contribution < 1.29 is 35.2 Å². The molecule has 1 atom stereocenters. The SMILES string of the molecule is C[C@@H](CCCn1ccc2cc(-c3nc(C(F)(F)F)co3)c(F)cc2c1=O)Nc1cn[nH]c(=O)c1C(F)(F)F. The van der Waals surface area contributed by atoms with Gasteiger partial charge in [0.05, 0.1) is 22.8 Å². The lowest BCUT2D eigenvalue weighted by atomic mass is 10.1. The molecule has 38 heavy (non-hydrogen) atoms. The van der Waals surface area contributed by atoms with Gasteiger partial charge in [0.25, 0.3) is 11.1 Å². The number of oxazole rings is 1. The van der Waals surface area contributed by atoms with Gasteiger partial charge in [-0.15, -0.1) is 0 Å². The zero-order valence-electron chi connectivity index (χ0n) is 19.4. The van der Waals surface area contributed by atoms with Crippen LogP contribution in [0.1, 0.15) is 31.0 Å². The first-order valence-corrected chi connectivity index (χ1v) is 11.0. The average Bonchev–Trinajstić information content (AvgIpc) is 3.30. The van der Waals surface area contributed by atoms with Gasteiger partial charge in [-0.05, 0) is 43.4 Å². The standard InChI is InChI=1S/C23H18F7N5O3/c1-11(32-16-9-31-34-19(36)18(16)23(28,29)30)3-2-5-35-6-4-12-7-14(15(24)8-13(12)21(35)37)20-33-17(10-38-20)22(25,26)27/h4,6-11H,2-3,5H2,1H3,(H2,32,34,36)/t11-/m0/s1. The number of pyridine rings is 1. The van der Waals surface area contributed by atoms with Gasteiger partial charge < -0.3 is 14.3 Å². The maximum absolute atomic E-state index is 14.7. The van der Waals surface area contributed by atoms with Gasteiger partial charge in [-0.1, -0.05) is 0 Å². The number of aromatic nitrogens is 4. The lowest BCUT2D eigenvalue weighted by Gasteiger charge is -2.18. The van der Waals surface area contributed by atoms with Crippen molar-refractivity contribution in [2.45, 2.75) is 44.7 Å². The van der Waals surface area contributed by atoms with Gasteiger partial charge in [0.15, 0.2) is 5.69 Å². The molecule has 0 unspecified atom stereocenters. The Labute approximate surface area is 208 Å². The first-order valence-electron chi connectivity index (χ1n) is 11.0. The summed E-state index contributed by atoms with van der Waals surface area (Å²) in [5, 5.41) is 7.94. The van der Waals surface area contributed by atoms with Crippen LogP contribution in [0.4, 0.5) is 36.4 Å². The molecule has 4 aromatic rings. The fourth-order valence-electron chi connectivity index (χ4n) is 3.87. The van der Waals surface area contributed by atoms with Crippen molar-refractivity contribution in [2.24, 2.45) is 0 Å². The number of H-pyrrole nitrogens is 1. The molecule has 0 saturated heterocycles. The molecule has 2 N–H and O–H groups in total. The second-order valence-corrected chi connectivity index (χ2v) is 8.44. The molecule has 4 rings (SSSR count). The number of aryl methyl sites for hydroxylation is 1. The average molecular weight is 545 g/mol. The molecule has 0 aliphatic rings. The molecule has 0 fully saturated rings. The van der Waals surface area contributed by atoms with Gasteiger partial charge in [0, 0.05) is 18.8 Å². The van der Waals surface area contributed by atoms with Crippen LogP contribution >= 0.6 is 0 Å². The Morgan fingerprint density at radius 2 is 1.87 bits per heavy atom. The Morgan fingerprint density at radius 3 is 2.53 bits per heavy atom. The van der Waals surface area contributed by atoms with E-state index in [1.165, 1.54) is 16.8 Å². The molecule has 0 bridgehead atoms. The van der Waals surface area contributed by atoms with E-state index >= 15 is 0 Å². The third-order valence-corrected chi connectivity index (χ3v) is 5.67. The van der Waals surface area contributed by atoms with Gasteiger partial charge >= 0.3 is 12.4 Å². The van der Waals surface area contributed by atoms with Gasteiger partial charge in [-0.2, -0.15) is 31.4 Å². The fraction of sp³-hybridized carbons (Fsp3) is 0.304. The van der Waals surface area contributed by atoms with E-state index in [-0.39, 0.29) is 22.9 Å². The molecule has 0 spiro atoms. The molecule has 202 valence electrons. The van der Waals surface area contributed by atoms with Crippen molar-refractivity contribution in [1.82, 2.24) is 19.7 Å². The van der Waals surface area contributed by atoms with E-state index in [2.05, 4.69) is 15.4 Å². The first kappa shape index (κ1) is 26.9. The number of anilines is 1. The minimum absolute atomic E-state index is 0.0353. The topological polar surface area (TPSA) is 106 Å². The van der Waals surface area contributed by atoms with E-state index in [0.29, 0.717) is 19.1 Å². The fourth-order valence-corrected chi connectivity index (χ4v) is 3.87. The summed E-state index contributed by atoms with van der Waals surface area (Å²) in [7, 11) is 0. The largest absolute Gasteiger partial charge is 0.444 e. The Balaban J connectivity index is 1.48. The number of nitrogens with zero attached hydrogens (tertiary/aromatic N) is 3. The maximum Gasteiger partial charge on any atom is 0.436 e. The molecular weight excluding hydrogens is 527 g/mol. The van der Waals surface area contributed by atoms with E-state index in [1.807, 2.05) is 0 Å². The molecule has 0 radical (unpaired) electrons. The summed E-state index contributed by atoms with van der Waals surface area (Å²) in [4.78, 5) is 27.7. The van der Waals surface area contributed by atoms with E-state index in [9.17, 15) is 40.3 Å². The Morgan fingerprint density at radius 1 is 1.13 bits per heavy atom. The van der Waals surface area contributed by atoms with Crippen molar-refractivity contribution in [2.75, 3.05) is 5.32 Å². The highest BCUT2D eigenvalue weighted by Crippen LogP contribution is 2.33. The Hall–Kier alpha value is -4.17. The number of rotatable bonds is 7. The second-order valence-electron chi connectivity index (χ2n) is 8.44. The van der Waals surface area contributed by atoms with Crippen LogP contribution < -0.4 is 16.4 Å². The van der Waals surface area contributed by atoms with E-state index in [4.69, 9.17) is 4.42 Å². The highest BCUT2D eigenvalue weighted by atomic mass is 19.4. The lowest BCUT2D eigenvalue weighted by Crippen LogP contribution is -2.27. The van der Waals surface area contributed by atoms with Gasteiger partial charge in [-0.25, -0.2) is 14.5 Å².